The Kier molecular flexibility index (Phi) is 3.87. The number of phenols is 1. The number of benzene rings is 1. The molecule has 1 amide bonds. The van der Waals surface area contributed by atoms with Crippen LogP contribution in [0.1, 0.15) is 17.3 Å². The number of carboxylic acids is 1. The molecular weight excluding hydrogens is 286 g/mol. The molecule has 2 rings (SSSR count). The zero-order valence-corrected chi connectivity index (χ0v) is 11.5. The minimum absolute atomic E-state index is 0.0453. The number of aliphatic carboxylic acids is 1. The number of carbonyl (C=O) groups excluding carboxylic acids is 1. The standard InChI is InChI=1S/C13H14ClNO5/c1-13(12(18)19)6-20-5-10(13)15-11(17)7-2-3-9(16)8(14)4-7/h2-4,10,16H,5-6H2,1H3,(H,15,17)(H,18,19). The third-order valence-electron chi connectivity index (χ3n) is 3.46. The van der Waals surface area contributed by atoms with E-state index in [0.29, 0.717) is 0 Å². The number of carboxylic acid groups (broad SMARTS) is 1. The largest absolute Gasteiger partial charge is 0.506 e. The van der Waals surface area contributed by atoms with Crippen LogP contribution >= 0.6 is 11.6 Å². The third kappa shape index (κ3) is 2.57. The highest BCUT2D eigenvalue weighted by Crippen LogP contribution is 2.29. The van der Waals surface area contributed by atoms with E-state index >= 15 is 0 Å². The molecule has 1 saturated heterocycles. The number of rotatable bonds is 3. The van der Waals surface area contributed by atoms with Crippen molar-refractivity contribution >= 4 is 23.5 Å². The highest BCUT2D eigenvalue weighted by Gasteiger charge is 2.47. The number of halogens is 1. The number of carbonyl (C=O) groups is 2. The van der Waals surface area contributed by atoms with Crippen LogP contribution in [0.4, 0.5) is 0 Å². The van der Waals surface area contributed by atoms with Crippen molar-refractivity contribution in [2.45, 2.75) is 13.0 Å². The van der Waals surface area contributed by atoms with Gasteiger partial charge in [-0.1, -0.05) is 11.6 Å². The Morgan fingerprint density at radius 3 is 2.80 bits per heavy atom. The van der Waals surface area contributed by atoms with Crippen molar-refractivity contribution in [2.75, 3.05) is 13.2 Å². The van der Waals surface area contributed by atoms with Crippen molar-refractivity contribution in [3.8, 4) is 5.75 Å². The fourth-order valence-electron chi connectivity index (χ4n) is 1.97. The van der Waals surface area contributed by atoms with Crippen LogP contribution in [-0.4, -0.2) is 41.3 Å². The number of hydrogen-bond acceptors (Lipinski definition) is 4. The Morgan fingerprint density at radius 1 is 1.50 bits per heavy atom. The quantitative estimate of drug-likeness (QED) is 0.781. The van der Waals surface area contributed by atoms with E-state index in [1.54, 1.807) is 0 Å². The van der Waals surface area contributed by atoms with Crippen molar-refractivity contribution < 1.29 is 24.5 Å². The Hall–Kier alpha value is -1.79. The van der Waals surface area contributed by atoms with Crippen molar-refractivity contribution in [2.24, 2.45) is 5.41 Å². The van der Waals surface area contributed by atoms with Crippen LogP contribution in [0.15, 0.2) is 18.2 Å². The summed E-state index contributed by atoms with van der Waals surface area (Å²) in [5.74, 6) is -1.61. The van der Waals surface area contributed by atoms with Crippen LogP contribution in [0, 0.1) is 5.41 Å². The first kappa shape index (κ1) is 14.6. The Labute approximate surface area is 120 Å². The first-order valence-electron chi connectivity index (χ1n) is 5.95. The molecule has 0 saturated carbocycles. The third-order valence-corrected chi connectivity index (χ3v) is 3.76. The number of phenolic OH excluding ortho intramolecular Hbond substituents is 1. The molecule has 0 bridgehead atoms. The fraction of sp³-hybridized carbons (Fsp3) is 0.385. The summed E-state index contributed by atoms with van der Waals surface area (Å²) >= 11 is 5.73. The van der Waals surface area contributed by atoms with E-state index in [0.717, 1.165) is 0 Å². The van der Waals surface area contributed by atoms with Gasteiger partial charge in [0.25, 0.3) is 5.91 Å². The van der Waals surface area contributed by atoms with Gasteiger partial charge in [0.2, 0.25) is 0 Å². The van der Waals surface area contributed by atoms with Crippen LogP contribution < -0.4 is 5.32 Å². The molecule has 1 fully saturated rings. The van der Waals surface area contributed by atoms with Gasteiger partial charge in [0, 0.05) is 5.56 Å². The maximum atomic E-state index is 12.1. The normalized spacial score (nSPS) is 25.4. The molecule has 2 unspecified atom stereocenters. The number of hydrogen-bond donors (Lipinski definition) is 3. The van der Waals surface area contributed by atoms with Crippen LogP contribution in [0.5, 0.6) is 5.75 Å². The van der Waals surface area contributed by atoms with Crippen LogP contribution in [0.2, 0.25) is 5.02 Å². The van der Waals surface area contributed by atoms with Gasteiger partial charge in [-0.2, -0.15) is 0 Å². The average molecular weight is 300 g/mol. The Morgan fingerprint density at radius 2 is 2.20 bits per heavy atom. The molecule has 1 heterocycles. The number of nitrogens with one attached hydrogen (secondary N) is 1. The molecule has 1 aliphatic rings. The van der Waals surface area contributed by atoms with E-state index in [1.165, 1.54) is 25.1 Å². The van der Waals surface area contributed by atoms with Gasteiger partial charge in [-0.3, -0.25) is 9.59 Å². The van der Waals surface area contributed by atoms with Crippen molar-refractivity contribution in [3.05, 3.63) is 28.8 Å². The molecule has 0 aliphatic carbocycles. The molecule has 0 aromatic heterocycles. The van der Waals surface area contributed by atoms with Gasteiger partial charge in [-0.05, 0) is 25.1 Å². The summed E-state index contributed by atoms with van der Waals surface area (Å²) in [6.45, 7) is 1.71. The molecule has 0 spiro atoms. The Bertz CT molecular complexity index is 562. The van der Waals surface area contributed by atoms with Gasteiger partial charge in [0.1, 0.15) is 11.2 Å². The lowest BCUT2D eigenvalue weighted by atomic mass is 9.85. The van der Waals surface area contributed by atoms with E-state index in [9.17, 15) is 19.8 Å². The van der Waals surface area contributed by atoms with E-state index in [2.05, 4.69) is 5.32 Å². The molecule has 1 aromatic rings. The molecule has 0 radical (unpaired) electrons. The number of aromatic hydroxyl groups is 1. The van der Waals surface area contributed by atoms with Gasteiger partial charge >= 0.3 is 5.97 Å². The molecule has 1 aliphatic heterocycles. The summed E-state index contributed by atoms with van der Waals surface area (Å²) in [5.41, 5.74) is -0.913. The molecule has 7 heteroatoms. The molecule has 3 N–H and O–H groups in total. The van der Waals surface area contributed by atoms with Crippen LogP contribution in [0.3, 0.4) is 0 Å². The van der Waals surface area contributed by atoms with E-state index in [4.69, 9.17) is 16.3 Å². The lowest BCUT2D eigenvalue weighted by molar-refractivity contribution is -0.148. The number of amides is 1. The summed E-state index contributed by atoms with van der Waals surface area (Å²) in [6, 6.07) is 3.41. The second-order valence-corrected chi connectivity index (χ2v) is 5.34. The van der Waals surface area contributed by atoms with E-state index in [1.807, 2.05) is 0 Å². The monoisotopic (exact) mass is 299 g/mol. The minimum atomic E-state index is -1.16. The van der Waals surface area contributed by atoms with E-state index in [-0.39, 0.29) is 29.5 Å². The summed E-state index contributed by atoms with van der Waals surface area (Å²) in [4.78, 5) is 23.3. The van der Waals surface area contributed by atoms with Crippen molar-refractivity contribution in [1.82, 2.24) is 5.32 Å². The topological polar surface area (TPSA) is 95.9 Å². The SMILES string of the molecule is CC1(C(=O)O)COCC1NC(=O)c1ccc(O)c(Cl)c1. The summed E-state index contributed by atoms with van der Waals surface area (Å²) in [7, 11) is 0. The van der Waals surface area contributed by atoms with Crippen LogP contribution in [0.25, 0.3) is 0 Å². The Balaban J connectivity index is 2.15. The van der Waals surface area contributed by atoms with E-state index < -0.39 is 23.3 Å². The first-order chi connectivity index (χ1) is 9.34. The fourth-order valence-corrected chi connectivity index (χ4v) is 2.16. The van der Waals surface area contributed by atoms with Crippen LogP contribution in [-0.2, 0) is 9.53 Å². The maximum absolute atomic E-state index is 12.1. The van der Waals surface area contributed by atoms with Gasteiger partial charge in [0.05, 0.1) is 24.3 Å². The lowest BCUT2D eigenvalue weighted by Gasteiger charge is -2.25. The summed E-state index contributed by atoms with van der Waals surface area (Å²) in [5, 5.41) is 21.2. The highest BCUT2D eigenvalue weighted by molar-refractivity contribution is 6.32. The summed E-state index contributed by atoms with van der Waals surface area (Å²) in [6.07, 6.45) is 0. The molecule has 2 atom stereocenters. The highest BCUT2D eigenvalue weighted by atomic mass is 35.5. The molecular formula is C13H14ClNO5. The van der Waals surface area contributed by atoms with Gasteiger partial charge < -0.3 is 20.3 Å². The minimum Gasteiger partial charge on any atom is -0.506 e. The second kappa shape index (κ2) is 5.30. The zero-order chi connectivity index (χ0) is 14.9. The van der Waals surface area contributed by atoms with Gasteiger partial charge in [0.15, 0.2) is 0 Å². The predicted molar refractivity (Wildman–Crippen MR) is 70.9 cm³/mol. The predicted octanol–water partition coefficient (Wildman–Crippen LogP) is 1.27. The first-order valence-corrected chi connectivity index (χ1v) is 6.33. The summed E-state index contributed by atoms with van der Waals surface area (Å²) < 4.78 is 5.15. The van der Waals surface area contributed by atoms with Gasteiger partial charge in [-0.15, -0.1) is 0 Å². The van der Waals surface area contributed by atoms with Crippen molar-refractivity contribution in [3.63, 3.8) is 0 Å². The molecule has 1 aromatic carbocycles. The number of ether oxygens (including phenoxy) is 1. The maximum Gasteiger partial charge on any atom is 0.313 e. The average Bonchev–Trinajstić information content (AvgIpc) is 2.75. The smallest absolute Gasteiger partial charge is 0.313 e. The van der Waals surface area contributed by atoms with Crippen molar-refractivity contribution in [1.29, 1.82) is 0 Å². The molecule has 20 heavy (non-hydrogen) atoms. The second-order valence-electron chi connectivity index (χ2n) is 4.93. The lowest BCUT2D eigenvalue weighted by Crippen LogP contribution is -2.49. The van der Waals surface area contributed by atoms with Gasteiger partial charge in [-0.25, -0.2) is 0 Å². The molecule has 108 valence electrons. The zero-order valence-electron chi connectivity index (χ0n) is 10.7. The molecule has 6 nitrogen and oxygen atoms in total.